The van der Waals surface area contributed by atoms with Crippen LogP contribution in [-0.2, 0) is 4.74 Å². The monoisotopic (exact) mass is 426 g/mol. The number of carbonyl (C=O) groups is 3. The summed E-state index contributed by atoms with van der Waals surface area (Å²) in [7, 11) is 0. The number of aromatic nitrogens is 2. The Kier molecular flexibility index (Phi) is 5.54. The molecule has 0 fully saturated rings. The first-order valence-corrected chi connectivity index (χ1v) is 10.4. The van der Waals surface area contributed by atoms with Crippen LogP contribution in [0, 0.1) is 0 Å². The maximum atomic E-state index is 12.4. The standard InChI is InChI=1S/C19H14N4O4S2/c24-15(11-6-7-13-14(10-11)17(26)27-16(13)25)21-19-23-22-18(29-19)20-8-9-28-12-4-2-1-3-5-12/h1-7,10H,8-9H2,(H,20,22)(H,21,23,24). The molecule has 1 aromatic heterocycles. The zero-order valence-electron chi connectivity index (χ0n) is 14.9. The number of thioether (sulfide) groups is 1. The second-order valence-corrected chi connectivity index (χ2v) is 8.04. The Morgan fingerprint density at radius 2 is 1.76 bits per heavy atom. The molecule has 146 valence electrons. The van der Waals surface area contributed by atoms with E-state index in [0.717, 1.165) is 5.75 Å². The molecular weight excluding hydrogens is 412 g/mol. The molecule has 2 aromatic carbocycles. The predicted molar refractivity (Wildman–Crippen MR) is 110 cm³/mol. The highest BCUT2D eigenvalue weighted by atomic mass is 32.2. The lowest BCUT2D eigenvalue weighted by molar-refractivity contribution is 0.0443. The highest BCUT2D eigenvalue weighted by molar-refractivity contribution is 7.99. The van der Waals surface area contributed by atoms with Crippen molar-refractivity contribution in [2.75, 3.05) is 22.9 Å². The summed E-state index contributed by atoms with van der Waals surface area (Å²) in [5, 5.41) is 14.7. The molecule has 0 saturated heterocycles. The van der Waals surface area contributed by atoms with Crippen molar-refractivity contribution >= 4 is 51.2 Å². The van der Waals surface area contributed by atoms with Crippen LogP contribution in [0.1, 0.15) is 31.1 Å². The topological polar surface area (TPSA) is 110 Å². The van der Waals surface area contributed by atoms with Crippen LogP contribution in [0.15, 0.2) is 53.4 Å². The third-order valence-electron chi connectivity index (χ3n) is 3.94. The first-order valence-electron chi connectivity index (χ1n) is 8.57. The number of hydrogen-bond acceptors (Lipinski definition) is 9. The summed E-state index contributed by atoms with van der Waals surface area (Å²) >= 11 is 2.94. The molecule has 29 heavy (non-hydrogen) atoms. The number of esters is 2. The van der Waals surface area contributed by atoms with Gasteiger partial charge in [0, 0.05) is 22.8 Å². The summed E-state index contributed by atoms with van der Waals surface area (Å²) < 4.78 is 4.52. The fourth-order valence-electron chi connectivity index (χ4n) is 2.58. The van der Waals surface area contributed by atoms with Gasteiger partial charge < -0.3 is 10.1 Å². The van der Waals surface area contributed by atoms with Gasteiger partial charge in [-0.05, 0) is 30.3 Å². The molecule has 0 aliphatic carbocycles. The molecule has 2 N–H and O–H groups in total. The largest absolute Gasteiger partial charge is 0.386 e. The number of nitrogens with one attached hydrogen (secondary N) is 2. The van der Waals surface area contributed by atoms with E-state index in [1.807, 2.05) is 18.2 Å². The van der Waals surface area contributed by atoms with Gasteiger partial charge in [-0.1, -0.05) is 29.5 Å². The number of rotatable bonds is 7. The van der Waals surface area contributed by atoms with Gasteiger partial charge in [-0.3, -0.25) is 10.1 Å². The molecule has 8 nitrogen and oxygen atoms in total. The van der Waals surface area contributed by atoms with Crippen molar-refractivity contribution in [3.63, 3.8) is 0 Å². The number of nitrogens with zero attached hydrogens (tertiary/aromatic N) is 2. The van der Waals surface area contributed by atoms with Crippen molar-refractivity contribution in [1.82, 2.24) is 10.2 Å². The van der Waals surface area contributed by atoms with Crippen molar-refractivity contribution < 1.29 is 19.1 Å². The van der Waals surface area contributed by atoms with Gasteiger partial charge in [0.1, 0.15) is 0 Å². The number of amides is 1. The van der Waals surface area contributed by atoms with Crippen LogP contribution in [0.5, 0.6) is 0 Å². The van der Waals surface area contributed by atoms with E-state index >= 15 is 0 Å². The van der Waals surface area contributed by atoms with Crippen LogP contribution in [0.25, 0.3) is 0 Å². The van der Waals surface area contributed by atoms with E-state index in [1.54, 1.807) is 11.8 Å². The number of benzene rings is 2. The summed E-state index contributed by atoms with van der Waals surface area (Å²) in [6, 6.07) is 14.3. The minimum absolute atomic E-state index is 0.0817. The van der Waals surface area contributed by atoms with E-state index in [2.05, 4.69) is 37.7 Å². The molecule has 1 aliphatic heterocycles. The number of fused-ring (bicyclic) bond motifs is 1. The normalized spacial score (nSPS) is 12.4. The highest BCUT2D eigenvalue weighted by Gasteiger charge is 2.30. The molecule has 1 aliphatic rings. The molecule has 1 amide bonds. The molecule has 4 rings (SSSR count). The van der Waals surface area contributed by atoms with Crippen LogP contribution in [0.3, 0.4) is 0 Å². The average molecular weight is 426 g/mol. The molecule has 0 saturated carbocycles. The number of cyclic esters (lactones) is 2. The lowest BCUT2D eigenvalue weighted by Crippen LogP contribution is -2.12. The lowest BCUT2D eigenvalue weighted by Gasteiger charge is -2.03. The summed E-state index contributed by atoms with van der Waals surface area (Å²) in [5.41, 5.74) is 0.458. The SMILES string of the molecule is O=C(Nc1nnc(NCCSc2ccccc2)s1)c1ccc2c(c1)C(=O)OC2=O. The Morgan fingerprint density at radius 3 is 2.59 bits per heavy atom. The van der Waals surface area contributed by atoms with Crippen molar-refractivity contribution in [2.24, 2.45) is 0 Å². The Bertz CT molecular complexity index is 1080. The molecule has 0 bridgehead atoms. The molecule has 0 unspecified atom stereocenters. The number of anilines is 2. The van der Waals surface area contributed by atoms with E-state index in [9.17, 15) is 14.4 Å². The summed E-state index contributed by atoms with van der Waals surface area (Å²) in [6.45, 7) is 0.698. The summed E-state index contributed by atoms with van der Waals surface area (Å²) in [6.07, 6.45) is 0. The first-order chi connectivity index (χ1) is 14.1. The summed E-state index contributed by atoms with van der Waals surface area (Å²) in [5.74, 6) is -1.06. The fourth-order valence-corrected chi connectivity index (χ4v) is 4.04. The second-order valence-electron chi connectivity index (χ2n) is 5.89. The molecule has 0 atom stereocenters. The van der Waals surface area contributed by atoms with Gasteiger partial charge in [-0.15, -0.1) is 22.0 Å². The van der Waals surface area contributed by atoms with Gasteiger partial charge in [0.05, 0.1) is 11.1 Å². The van der Waals surface area contributed by atoms with Crippen molar-refractivity contribution in [2.45, 2.75) is 4.90 Å². The maximum Gasteiger partial charge on any atom is 0.346 e. The van der Waals surface area contributed by atoms with E-state index in [-0.39, 0.29) is 16.7 Å². The third kappa shape index (κ3) is 4.44. The van der Waals surface area contributed by atoms with Crippen LogP contribution in [0.2, 0.25) is 0 Å². The molecular formula is C19H14N4O4S2. The van der Waals surface area contributed by atoms with Crippen molar-refractivity contribution in [3.05, 3.63) is 65.2 Å². The minimum Gasteiger partial charge on any atom is -0.386 e. The molecule has 0 spiro atoms. The van der Waals surface area contributed by atoms with Crippen molar-refractivity contribution in [1.29, 1.82) is 0 Å². The van der Waals surface area contributed by atoms with Gasteiger partial charge in [-0.25, -0.2) is 9.59 Å². The van der Waals surface area contributed by atoms with Gasteiger partial charge in [0.25, 0.3) is 5.91 Å². The zero-order valence-corrected chi connectivity index (χ0v) is 16.5. The summed E-state index contributed by atoms with van der Waals surface area (Å²) in [4.78, 5) is 36.7. The quantitative estimate of drug-likeness (QED) is 0.256. The van der Waals surface area contributed by atoms with Gasteiger partial charge in [0.15, 0.2) is 0 Å². The number of hydrogen-bond donors (Lipinski definition) is 2. The highest BCUT2D eigenvalue weighted by Crippen LogP contribution is 2.24. The molecule has 3 aromatic rings. The predicted octanol–water partition coefficient (Wildman–Crippen LogP) is 3.31. The van der Waals surface area contributed by atoms with E-state index in [0.29, 0.717) is 16.8 Å². The van der Waals surface area contributed by atoms with Crippen LogP contribution >= 0.6 is 23.1 Å². The number of ether oxygens (including phenoxy) is 1. The number of carbonyl (C=O) groups excluding carboxylic acids is 3. The van der Waals surface area contributed by atoms with Crippen LogP contribution in [0.4, 0.5) is 10.3 Å². The van der Waals surface area contributed by atoms with Crippen LogP contribution in [-0.4, -0.2) is 40.3 Å². The fraction of sp³-hybridized carbons (Fsp3) is 0.105. The second kappa shape index (κ2) is 8.41. The molecule has 0 radical (unpaired) electrons. The first kappa shape index (κ1) is 19.1. The van der Waals surface area contributed by atoms with E-state index < -0.39 is 17.8 Å². The van der Waals surface area contributed by atoms with Crippen LogP contribution < -0.4 is 10.6 Å². The van der Waals surface area contributed by atoms with Gasteiger partial charge in [0.2, 0.25) is 10.3 Å². The Hall–Kier alpha value is -3.24. The average Bonchev–Trinajstić information content (AvgIpc) is 3.29. The smallest absolute Gasteiger partial charge is 0.346 e. The molecule has 2 heterocycles. The Balaban J connectivity index is 1.31. The molecule has 10 heteroatoms. The Labute approximate surface area is 173 Å². The van der Waals surface area contributed by atoms with Gasteiger partial charge in [-0.2, -0.15) is 0 Å². The zero-order chi connectivity index (χ0) is 20.2. The van der Waals surface area contributed by atoms with E-state index in [4.69, 9.17) is 0 Å². The van der Waals surface area contributed by atoms with E-state index in [1.165, 1.54) is 34.4 Å². The Morgan fingerprint density at radius 1 is 1.00 bits per heavy atom. The lowest BCUT2D eigenvalue weighted by atomic mass is 10.1. The maximum absolute atomic E-state index is 12.4. The van der Waals surface area contributed by atoms with Crippen molar-refractivity contribution in [3.8, 4) is 0 Å². The third-order valence-corrected chi connectivity index (χ3v) is 5.75. The minimum atomic E-state index is -0.754. The van der Waals surface area contributed by atoms with Gasteiger partial charge >= 0.3 is 11.9 Å².